The number of benzene rings is 2. The highest BCUT2D eigenvalue weighted by Gasteiger charge is 2.24. The van der Waals surface area contributed by atoms with Gasteiger partial charge in [-0.05, 0) is 24.3 Å². The highest BCUT2D eigenvalue weighted by atomic mass is 35.5. The Kier molecular flexibility index (Phi) is 4.51. The third kappa shape index (κ3) is 3.34. The van der Waals surface area contributed by atoms with Gasteiger partial charge < -0.3 is 5.73 Å². The van der Waals surface area contributed by atoms with Crippen LogP contribution >= 0.6 is 11.6 Å². The van der Waals surface area contributed by atoms with Gasteiger partial charge in [-0.3, -0.25) is 0 Å². The summed E-state index contributed by atoms with van der Waals surface area (Å²) < 4.78 is 39.6. The van der Waals surface area contributed by atoms with E-state index in [2.05, 4.69) is 0 Å². The Morgan fingerprint density at radius 2 is 1.90 bits per heavy atom. The first-order valence-corrected chi connectivity index (χ1v) is 7.89. The maximum atomic E-state index is 13.6. The Balaban J connectivity index is 2.35. The molecule has 2 N–H and O–H groups in total. The molecule has 4 nitrogen and oxygen atoms in total. The monoisotopic (exact) mass is 328 g/mol. The molecule has 112 valence electrons. The molecule has 2 aromatic rings. The summed E-state index contributed by atoms with van der Waals surface area (Å²) >= 11 is 5.81. The van der Waals surface area contributed by atoms with Crippen molar-refractivity contribution < 1.29 is 12.8 Å². The fourth-order valence-electron chi connectivity index (χ4n) is 1.85. The van der Waals surface area contributed by atoms with E-state index in [4.69, 9.17) is 17.3 Å². The van der Waals surface area contributed by atoms with Crippen LogP contribution in [0.1, 0.15) is 5.56 Å². The molecule has 0 unspecified atom stereocenters. The first-order chi connectivity index (χ1) is 9.82. The molecule has 2 rings (SSSR count). The van der Waals surface area contributed by atoms with Gasteiger partial charge in [-0.1, -0.05) is 29.8 Å². The van der Waals surface area contributed by atoms with Crippen molar-refractivity contribution in [3.63, 3.8) is 0 Å². The summed E-state index contributed by atoms with van der Waals surface area (Å²) in [5.74, 6) is -0.460. The number of hydrogen-bond donors (Lipinski definition) is 1. The number of sulfonamides is 1. The number of nitrogen functional groups attached to an aromatic ring is 1. The Bertz CT molecular complexity index is 765. The highest BCUT2D eigenvalue weighted by molar-refractivity contribution is 7.89. The minimum Gasteiger partial charge on any atom is -0.398 e. The minimum atomic E-state index is -3.85. The summed E-state index contributed by atoms with van der Waals surface area (Å²) in [7, 11) is -2.49. The zero-order chi connectivity index (χ0) is 15.6. The van der Waals surface area contributed by atoms with Gasteiger partial charge in [0.2, 0.25) is 10.0 Å². The molecule has 21 heavy (non-hydrogen) atoms. The Labute approximate surface area is 128 Å². The van der Waals surface area contributed by atoms with E-state index in [0.717, 1.165) is 4.31 Å². The molecule has 0 aromatic heterocycles. The van der Waals surface area contributed by atoms with Gasteiger partial charge in [0.05, 0.1) is 5.69 Å². The fourth-order valence-corrected chi connectivity index (χ4v) is 3.37. The van der Waals surface area contributed by atoms with Crippen LogP contribution in [0.4, 0.5) is 10.1 Å². The van der Waals surface area contributed by atoms with Gasteiger partial charge in [-0.15, -0.1) is 0 Å². The standard InChI is InChI=1S/C14H14ClFN2O2S/c1-18(9-10-4-2-3-5-12(10)16)21(19,20)14-8-11(15)6-7-13(14)17/h2-8H,9,17H2,1H3. The Hall–Kier alpha value is -1.63. The maximum absolute atomic E-state index is 13.6. The quantitative estimate of drug-likeness (QED) is 0.878. The Morgan fingerprint density at radius 3 is 2.57 bits per heavy atom. The molecule has 2 aromatic carbocycles. The molecule has 0 fully saturated rings. The van der Waals surface area contributed by atoms with Crippen LogP contribution in [-0.2, 0) is 16.6 Å². The normalized spacial score (nSPS) is 11.8. The smallest absolute Gasteiger partial charge is 0.245 e. The lowest BCUT2D eigenvalue weighted by molar-refractivity contribution is 0.456. The molecular weight excluding hydrogens is 315 g/mol. The van der Waals surface area contributed by atoms with E-state index in [1.807, 2.05) is 0 Å². The van der Waals surface area contributed by atoms with Crippen LogP contribution < -0.4 is 5.73 Å². The van der Waals surface area contributed by atoms with Gasteiger partial charge in [-0.25, -0.2) is 12.8 Å². The summed E-state index contributed by atoms with van der Waals surface area (Å²) in [6, 6.07) is 10.2. The molecule has 0 bridgehead atoms. The first-order valence-electron chi connectivity index (χ1n) is 6.07. The van der Waals surface area contributed by atoms with E-state index in [0.29, 0.717) is 0 Å². The van der Waals surface area contributed by atoms with E-state index < -0.39 is 15.8 Å². The molecule has 0 aliphatic carbocycles. The number of nitrogens with zero attached hydrogens (tertiary/aromatic N) is 1. The lowest BCUT2D eigenvalue weighted by atomic mass is 10.2. The summed E-state index contributed by atoms with van der Waals surface area (Å²) in [4.78, 5) is -0.0890. The summed E-state index contributed by atoms with van der Waals surface area (Å²) in [6.07, 6.45) is 0. The number of hydrogen-bond acceptors (Lipinski definition) is 3. The average Bonchev–Trinajstić information content (AvgIpc) is 2.43. The average molecular weight is 329 g/mol. The molecule has 0 heterocycles. The first kappa shape index (κ1) is 15.8. The van der Waals surface area contributed by atoms with Crippen molar-refractivity contribution in [3.8, 4) is 0 Å². The van der Waals surface area contributed by atoms with E-state index in [1.54, 1.807) is 12.1 Å². The zero-order valence-electron chi connectivity index (χ0n) is 11.3. The summed E-state index contributed by atoms with van der Waals surface area (Å²) in [6.45, 7) is -0.0963. The van der Waals surface area contributed by atoms with E-state index >= 15 is 0 Å². The van der Waals surface area contributed by atoms with Crippen molar-refractivity contribution in [1.82, 2.24) is 4.31 Å². The molecule has 0 atom stereocenters. The zero-order valence-corrected chi connectivity index (χ0v) is 12.8. The van der Waals surface area contributed by atoms with Crippen molar-refractivity contribution in [2.75, 3.05) is 12.8 Å². The van der Waals surface area contributed by atoms with Gasteiger partial charge in [0.1, 0.15) is 10.7 Å². The van der Waals surface area contributed by atoms with Crippen LogP contribution in [0.25, 0.3) is 0 Å². The second-order valence-corrected chi connectivity index (χ2v) is 6.98. The molecule has 0 aliphatic heterocycles. The van der Waals surface area contributed by atoms with E-state index in [1.165, 1.54) is 37.4 Å². The van der Waals surface area contributed by atoms with Crippen LogP contribution in [0.2, 0.25) is 5.02 Å². The van der Waals surface area contributed by atoms with Crippen LogP contribution in [0.3, 0.4) is 0 Å². The number of halogens is 2. The molecule has 0 aliphatic rings. The lowest BCUT2D eigenvalue weighted by Gasteiger charge is -2.19. The van der Waals surface area contributed by atoms with Gasteiger partial charge in [0.15, 0.2) is 0 Å². The van der Waals surface area contributed by atoms with Gasteiger partial charge in [-0.2, -0.15) is 4.31 Å². The van der Waals surface area contributed by atoms with Gasteiger partial charge >= 0.3 is 0 Å². The number of anilines is 1. The van der Waals surface area contributed by atoms with Crippen LogP contribution in [-0.4, -0.2) is 19.8 Å². The third-order valence-electron chi connectivity index (χ3n) is 3.01. The third-order valence-corrected chi connectivity index (χ3v) is 5.11. The van der Waals surface area contributed by atoms with Crippen molar-refractivity contribution >= 4 is 27.3 Å². The Morgan fingerprint density at radius 1 is 1.24 bits per heavy atom. The van der Waals surface area contributed by atoms with Crippen molar-refractivity contribution in [1.29, 1.82) is 0 Å². The molecule has 0 amide bonds. The molecule has 7 heteroatoms. The van der Waals surface area contributed by atoms with E-state index in [-0.39, 0.29) is 27.7 Å². The maximum Gasteiger partial charge on any atom is 0.245 e. The molecule has 0 saturated carbocycles. The lowest BCUT2D eigenvalue weighted by Crippen LogP contribution is -2.27. The van der Waals surface area contributed by atoms with Crippen molar-refractivity contribution in [3.05, 3.63) is 58.9 Å². The minimum absolute atomic E-state index is 0.0890. The number of rotatable bonds is 4. The van der Waals surface area contributed by atoms with Crippen molar-refractivity contribution in [2.24, 2.45) is 0 Å². The topological polar surface area (TPSA) is 63.4 Å². The fraction of sp³-hybridized carbons (Fsp3) is 0.143. The highest BCUT2D eigenvalue weighted by Crippen LogP contribution is 2.26. The van der Waals surface area contributed by atoms with Crippen LogP contribution in [0, 0.1) is 5.82 Å². The van der Waals surface area contributed by atoms with Crippen LogP contribution in [0.15, 0.2) is 47.4 Å². The molecular formula is C14H14ClFN2O2S. The van der Waals surface area contributed by atoms with Crippen LogP contribution in [0.5, 0.6) is 0 Å². The number of nitrogens with two attached hydrogens (primary N) is 1. The second kappa shape index (κ2) is 6.01. The van der Waals surface area contributed by atoms with Gasteiger partial charge in [0, 0.05) is 24.2 Å². The molecule has 0 saturated heterocycles. The summed E-state index contributed by atoms with van der Waals surface area (Å²) in [5, 5.41) is 0.266. The molecule has 0 spiro atoms. The summed E-state index contributed by atoms with van der Waals surface area (Å²) in [5.41, 5.74) is 6.08. The molecule has 0 radical (unpaired) electrons. The SMILES string of the molecule is CN(Cc1ccccc1F)S(=O)(=O)c1cc(Cl)ccc1N. The van der Waals surface area contributed by atoms with E-state index in [9.17, 15) is 12.8 Å². The second-order valence-electron chi connectivity index (χ2n) is 4.53. The predicted molar refractivity (Wildman–Crippen MR) is 80.9 cm³/mol. The largest absolute Gasteiger partial charge is 0.398 e. The predicted octanol–water partition coefficient (Wildman–Crippen LogP) is 2.88. The van der Waals surface area contributed by atoms with Crippen molar-refractivity contribution in [2.45, 2.75) is 11.4 Å². The van der Waals surface area contributed by atoms with Gasteiger partial charge in [0.25, 0.3) is 0 Å².